The van der Waals surface area contributed by atoms with E-state index in [1.54, 1.807) is 7.11 Å². The molecule has 0 saturated carbocycles. The Morgan fingerprint density at radius 2 is 2.00 bits per heavy atom. The van der Waals surface area contributed by atoms with E-state index in [1.165, 1.54) is 0 Å². The van der Waals surface area contributed by atoms with Crippen LogP contribution in [-0.2, 0) is 4.79 Å². The monoisotopic (exact) mass is 264 g/mol. The van der Waals surface area contributed by atoms with Crippen LogP contribution >= 0.6 is 0 Å². The minimum Gasteiger partial charge on any atom is -0.496 e. The summed E-state index contributed by atoms with van der Waals surface area (Å²) in [7, 11) is 3.51. The second-order valence-electron chi connectivity index (χ2n) is 4.82. The molecule has 0 radical (unpaired) electrons. The molecule has 1 rings (SSSR count). The smallest absolute Gasteiger partial charge is 0.221 e. The lowest BCUT2D eigenvalue weighted by atomic mass is 9.99. The van der Waals surface area contributed by atoms with Gasteiger partial charge in [0.1, 0.15) is 5.75 Å². The molecule has 1 unspecified atom stereocenters. The lowest BCUT2D eigenvalue weighted by Crippen LogP contribution is -2.29. The Morgan fingerprint density at radius 1 is 1.32 bits per heavy atom. The number of hydrogen-bond acceptors (Lipinski definition) is 3. The van der Waals surface area contributed by atoms with Gasteiger partial charge in [-0.05, 0) is 50.6 Å². The first kappa shape index (κ1) is 15.5. The number of carbonyl (C=O) groups excluding carboxylic acids is 1. The number of ether oxygens (including phenoxy) is 1. The third kappa shape index (κ3) is 4.24. The summed E-state index contributed by atoms with van der Waals surface area (Å²) in [6, 6.07) is 4.10. The zero-order chi connectivity index (χ0) is 14.4. The van der Waals surface area contributed by atoms with E-state index in [0.29, 0.717) is 13.0 Å². The molecule has 0 bridgehead atoms. The van der Waals surface area contributed by atoms with Crippen LogP contribution in [-0.4, -0.2) is 26.6 Å². The summed E-state index contributed by atoms with van der Waals surface area (Å²) in [4.78, 5) is 11.7. The molecule has 4 nitrogen and oxygen atoms in total. The Balaban J connectivity index is 2.79. The molecular weight excluding hydrogens is 240 g/mol. The molecule has 1 atom stereocenters. The highest BCUT2D eigenvalue weighted by molar-refractivity contribution is 5.76. The number of carbonyl (C=O) groups is 1. The molecule has 0 heterocycles. The maximum Gasteiger partial charge on any atom is 0.221 e. The highest BCUT2D eigenvalue weighted by atomic mass is 16.5. The summed E-state index contributed by atoms with van der Waals surface area (Å²) < 4.78 is 5.30. The van der Waals surface area contributed by atoms with E-state index < -0.39 is 0 Å². The minimum atomic E-state index is 0.00830. The number of nitrogens with one attached hydrogen (secondary N) is 2. The number of hydrogen-bond donors (Lipinski definition) is 2. The van der Waals surface area contributed by atoms with Crippen molar-refractivity contribution in [2.45, 2.75) is 33.2 Å². The molecule has 0 aromatic heterocycles. The van der Waals surface area contributed by atoms with Crippen molar-refractivity contribution in [2.75, 3.05) is 20.7 Å². The fourth-order valence-electron chi connectivity index (χ4n) is 2.13. The number of amides is 1. The Morgan fingerprint density at radius 3 is 2.58 bits per heavy atom. The molecule has 106 valence electrons. The number of rotatable bonds is 6. The number of benzene rings is 1. The van der Waals surface area contributed by atoms with Crippen molar-refractivity contribution in [2.24, 2.45) is 0 Å². The summed E-state index contributed by atoms with van der Waals surface area (Å²) in [6.07, 6.45) is 0.495. The van der Waals surface area contributed by atoms with Crippen LogP contribution in [0.3, 0.4) is 0 Å². The van der Waals surface area contributed by atoms with E-state index in [-0.39, 0.29) is 11.9 Å². The maximum atomic E-state index is 11.7. The van der Waals surface area contributed by atoms with Gasteiger partial charge < -0.3 is 15.4 Å². The predicted octanol–water partition coefficient (Wildman–Crippen LogP) is 2.10. The van der Waals surface area contributed by atoms with Crippen LogP contribution in [0.15, 0.2) is 12.1 Å². The van der Waals surface area contributed by atoms with E-state index in [4.69, 9.17) is 4.74 Å². The first-order valence-corrected chi connectivity index (χ1v) is 6.58. The average Bonchev–Trinajstić information content (AvgIpc) is 2.38. The van der Waals surface area contributed by atoms with E-state index >= 15 is 0 Å². The van der Waals surface area contributed by atoms with Gasteiger partial charge in [-0.3, -0.25) is 4.79 Å². The first-order chi connectivity index (χ1) is 8.99. The average molecular weight is 264 g/mol. The topological polar surface area (TPSA) is 50.4 Å². The van der Waals surface area contributed by atoms with Gasteiger partial charge in [-0.1, -0.05) is 6.07 Å². The van der Waals surface area contributed by atoms with Gasteiger partial charge in [-0.2, -0.15) is 0 Å². The fraction of sp³-hybridized carbons (Fsp3) is 0.533. The van der Waals surface area contributed by atoms with Crippen molar-refractivity contribution in [3.8, 4) is 5.75 Å². The fourth-order valence-corrected chi connectivity index (χ4v) is 2.13. The Kier molecular flexibility index (Phi) is 5.83. The van der Waals surface area contributed by atoms with Gasteiger partial charge in [0.15, 0.2) is 0 Å². The van der Waals surface area contributed by atoms with Gasteiger partial charge in [0.2, 0.25) is 5.91 Å². The van der Waals surface area contributed by atoms with E-state index in [9.17, 15) is 4.79 Å². The van der Waals surface area contributed by atoms with Crippen LogP contribution in [0.1, 0.15) is 36.1 Å². The van der Waals surface area contributed by atoms with Crippen molar-refractivity contribution >= 4 is 5.91 Å². The van der Waals surface area contributed by atoms with Crippen LogP contribution in [0.4, 0.5) is 0 Å². The lowest BCUT2D eigenvalue weighted by Gasteiger charge is -2.18. The lowest BCUT2D eigenvalue weighted by molar-refractivity contribution is -0.121. The summed E-state index contributed by atoms with van der Waals surface area (Å²) in [5.74, 6) is 0.949. The van der Waals surface area contributed by atoms with Crippen molar-refractivity contribution < 1.29 is 9.53 Å². The highest BCUT2D eigenvalue weighted by Gasteiger charge is 2.13. The van der Waals surface area contributed by atoms with Gasteiger partial charge in [0, 0.05) is 13.0 Å². The molecule has 0 aliphatic carbocycles. The molecule has 0 saturated heterocycles. The van der Waals surface area contributed by atoms with Gasteiger partial charge in [-0.15, -0.1) is 0 Å². The van der Waals surface area contributed by atoms with Crippen molar-refractivity contribution in [3.05, 3.63) is 28.8 Å². The van der Waals surface area contributed by atoms with Gasteiger partial charge in [-0.25, -0.2) is 0 Å². The third-order valence-electron chi connectivity index (χ3n) is 3.23. The van der Waals surface area contributed by atoms with Crippen molar-refractivity contribution in [1.82, 2.24) is 10.6 Å². The second kappa shape index (κ2) is 7.14. The van der Waals surface area contributed by atoms with Crippen LogP contribution < -0.4 is 15.4 Å². The van der Waals surface area contributed by atoms with Crippen LogP contribution in [0.5, 0.6) is 5.75 Å². The molecule has 19 heavy (non-hydrogen) atoms. The summed E-state index contributed by atoms with van der Waals surface area (Å²) in [6.45, 7) is 6.75. The van der Waals surface area contributed by atoms with E-state index in [1.807, 2.05) is 33.9 Å². The van der Waals surface area contributed by atoms with Gasteiger partial charge in [0.05, 0.1) is 13.2 Å². The Hall–Kier alpha value is -1.55. The third-order valence-corrected chi connectivity index (χ3v) is 3.23. The molecule has 1 aromatic carbocycles. The molecule has 1 amide bonds. The summed E-state index contributed by atoms with van der Waals surface area (Å²) in [5.41, 5.74) is 3.35. The molecule has 2 N–H and O–H groups in total. The van der Waals surface area contributed by atoms with Gasteiger partial charge >= 0.3 is 0 Å². The Bertz CT molecular complexity index is 444. The molecule has 0 aliphatic heterocycles. The van der Waals surface area contributed by atoms with Crippen molar-refractivity contribution in [3.63, 3.8) is 0 Å². The Labute approximate surface area is 115 Å². The zero-order valence-corrected chi connectivity index (χ0v) is 12.5. The molecule has 4 heteroatoms. The molecule has 0 spiro atoms. The summed E-state index contributed by atoms with van der Waals surface area (Å²) in [5, 5.41) is 5.99. The van der Waals surface area contributed by atoms with Crippen LogP contribution in [0.2, 0.25) is 0 Å². The molecule has 1 aromatic rings. The normalized spacial score (nSPS) is 12.1. The molecule has 0 aliphatic rings. The number of aryl methyl sites for hydroxylation is 2. The largest absolute Gasteiger partial charge is 0.496 e. The highest BCUT2D eigenvalue weighted by Crippen LogP contribution is 2.26. The maximum absolute atomic E-state index is 11.7. The molecular formula is C15H24N2O2. The van der Waals surface area contributed by atoms with Crippen LogP contribution in [0.25, 0.3) is 0 Å². The SMILES string of the molecule is CNCCC(=O)NC(C)c1cc(C)c(OC)cc1C. The first-order valence-electron chi connectivity index (χ1n) is 6.58. The second-order valence-corrected chi connectivity index (χ2v) is 4.82. The van der Waals surface area contributed by atoms with Crippen molar-refractivity contribution in [1.29, 1.82) is 0 Å². The quantitative estimate of drug-likeness (QED) is 0.827. The summed E-state index contributed by atoms with van der Waals surface area (Å²) >= 11 is 0. The molecule has 0 fully saturated rings. The van der Waals surface area contributed by atoms with E-state index in [0.717, 1.165) is 22.4 Å². The predicted molar refractivity (Wildman–Crippen MR) is 77.6 cm³/mol. The number of methoxy groups -OCH3 is 1. The van der Waals surface area contributed by atoms with Gasteiger partial charge in [0.25, 0.3) is 0 Å². The van der Waals surface area contributed by atoms with Crippen LogP contribution in [0, 0.1) is 13.8 Å². The standard InChI is InChI=1S/C15H24N2O2/c1-10-9-14(19-5)11(2)8-13(10)12(3)17-15(18)6-7-16-4/h8-9,12,16H,6-7H2,1-5H3,(H,17,18). The zero-order valence-electron chi connectivity index (χ0n) is 12.5. The minimum absolute atomic E-state index is 0.00830. The van der Waals surface area contributed by atoms with E-state index in [2.05, 4.69) is 16.7 Å².